The number of benzene rings is 1. The van der Waals surface area contributed by atoms with Crippen LogP contribution in [-0.2, 0) is 6.42 Å². The smallest absolute Gasteiger partial charge is 0.119 e. The van der Waals surface area contributed by atoms with Crippen molar-refractivity contribution in [3.8, 4) is 5.75 Å². The van der Waals surface area contributed by atoms with Gasteiger partial charge in [-0.25, -0.2) is 0 Å². The predicted molar refractivity (Wildman–Crippen MR) is 68.0 cm³/mol. The van der Waals surface area contributed by atoms with Gasteiger partial charge in [-0.3, -0.25) is 0 Å². The van der Waals surface area contributed by atoms with Crippen LogP contribution in [0.3, 0.4) is 0 Å². The van der Waals surface area contributed by atoms with Crippen LogP contribution in [0.5, 0.6) is 5.75 Å². The SMILES string of the molecule is CCC(C)COc1ccc2c(c1)CC/C2=N\O. The van der Waals surface area contributed by atoms with Gasteiger partial charge in [0.05, 0.1) is 12.3 Å². The van der Waals surface area contributed by atoms with Gasteiger partial charge >= 0.3 is 0 Å². The van der Waals surface area contributed by atoms with Crippen LogP contribution in [0.2, 0.25) is 0 Å². The third-order valence-electron chi connectivity index (χ3n) is 3.37. The Balaban J connectivity index is 2.08. The van der Waals surface area contributed by atoms with Crippen LogP contribution >= 0.6 is 0 Å². The van der Waals surface area contributed by atoms with Crippen molar-refractivity contribution in [2.75, 3.05) is 6.61 Å². The Bertz CT molecular complexity index is 426. The minimum Gasteiger partial charge on any atom is -0.493 e. The van der Waals surface area contributed by atoms with Crippen molar-refractivity contribution in [3.05, 3.63) is 29.3 Å². The fraction of sp³-hybridized carbons (Fsp3) is 0.500. The monoisotopic (exact) mass is 233 g/mol. The zero-order valence-corrected chi connectivity index (χ0v) is 10.4. The lowest BCUT2D eigenvalue weighted by Gasteiger charge is -2.11. The summed E-state index contributed by atoms with van der Waals surface area (Å²) in [4.78, 5) is 0. The van der Waals surface area contributed by atoms with Gasteiger partial charge in [0.25, 0.3) is 0 Å². The zero-order chi connectivity index (χ0) is 12.3. The maximum atomic E-state index is 8.85. The molecule has 1 aliphatic rings. The van der Waals surface area contributed by atoms with Crippen LogP contribution in [0.4, 0.5) is 0 Å². The highest BCUT2D eigenvalue weighted by atomic mass is 16.5. The van der Waals surface area contributed by atoms with Crippen LogP contribution in [0, 0.1) is 5.92 Å². The molecular formula is C14H19NO2. The molecule has 1 aliphatic carbocycles. The van der Waals surface area contributed by atoms with Crippen molar-refractivity contribution >= 4 is 5.71 Å². The number of aryl methyl sites for hydroxylation is 1. The Hall–Kier alpha value is -1.51. The molecule has 0 heterocycles. The summed E-state index contributed by atoms with van der Waals surface area (Å²) >= 11 is 0. The third kappa shape index (κ3) is 2.60. The summed E-state index contributed by atoms with van der Waals surface area (Å²) in [6.45, 7) is 5.11. The van der Waals surface area contributed by atoms with E-state index in [0.717, 1.165) is 42.9 Å². The van der Waals surface area contributed by atoms with Gasteiger partial charge in [0.1, 0.15) is 5.75 Å². The van der Waals surface area contributed by atoms with E-state index in [4.69, 9.17) is 9.94 Å². The summed E-state index contributed by atoms with van der Waals surface area (Å²) in [6, 6.07) is 6.01. The van der Waals surface area contributed by atoms with E-state index in [-0.39, 0.29) is 0 Å². The van der Waals surface area contributed by atoms with Crippen LogP contribution in [0.15, 0.2) is 23.4 Å². The number of ether oxygens (including phenoxy) is 1. The molecule has 2 rings (SSSR count). The largest absolute Gasteiger partial charge is 0.493 e. The van der Waals surface area contributed by atoms with Crippen LogP contribution in [-0.4, -0.2) is 17.5 Å². The van der Waals surface area contributed by atoms with E-state index in [2.05, 4.69) is 25.1 Å². The molecule has 0 saturated carbocycles. The van der Waals surface area contributed by atoms with Gasteiger partial charge < -0.3 is 9.94 Å². The number of nitrogens with zero attached hydrogens (tertiary/aromatic N) is 1. The molecule has 0 aliphatic heterocycles. The quantitative estimate of drug-likeness (QED) is 0.640. The third-order valence-corrected chi connectivity index (χ3v) is 3.37. The maximum absolute atomic E-state index is 8.85. The predicted octanol–water partition coefficient (Wildman–Crippen LogP) is 3.24. The molecule has 0 spiro atoms. The molecular weight excluding hydrogens is 214 g/mol. The molecule has 1 unspecified atom stereocenters. The lowest BCUT2D eigenvalue weighted by Crippen LogP contribution is -2.07. The molecule has 3 nitrogen and oxygen atoms in total. The van der Waals surface area contributed by atoms with Crippen molar-refractivity contribution in [1.82, 2.24) is 0 Å². The fourth-order valence-electron chi connectivity index (χ4n) is 2.00. The molecule has 1 N–H and O–H groups in total. The molecule has 17 heavy (non-hydrogen) atoms. The van der Waals surface area contributed by atoms with Crippen molar-refractivity contribution in [1.29, 1.82) is 0 Å². The Morgan fingerprint density at radius 3 is 2.94 bits per heavy atom. The first kappa shape index (κ1) is 12.0. The van der Waals surface area contributed by atoms with Crippen LogP contribution in [0.25, 0.3) is 0 Å². The molecule has 1 aromatic rings. The van der Waals surface area contributed by atoms with Gasteiger partial charge in [-0.2, -0.15) is 0 Å². The summed E-state index contributed by atoms with van der Waals surface area (Å²) in [5, 5.41) is 12.2. The summed E-state index contributed by atoms with van der Waals surface area (Å²) in [7, 11) is 0. The van der Waals surface area contributed by atoms with E-state index < -0.39 is 0 Å². The number of hydrogen-bond acceptors (Lipinski definition) is 3. The van der Waals surface area contributed by atoms with Gasteiger partial charge in [-0.05, 0) is 42.5 Å². The number of oxime groups is 1. The standard InChI is InChI=1S/C14H19NO2/c1-3-10(2)9-17-12-5-6-13-11(8-12)4-7-14(13)15-16/h5-6,8,10,16H,3-4,7,9H2,1-2H3/b15-14+. The van der Waals surface area contributed by atoms with Crippen LogP contribution in [0.1, 0.15) is 37.8 Å². The van der Waals surface area contributed by atoms with Crippen molar-refractivity contribution < 1.29 is 9.94 Å². The molecule has 0 fully saturated rings. The molecule has 0 bridgehead atoms. The van der Waals surface area contributed by atoms with E-state index in [1.54, 1.807) is 0 Å². The van der Waals surface area contributed by atoms with Gasteiger partial charge in [0.2, 0.25) is 0 Å². The van der Waals surface area contributed by atoms with E-state index in [9.17, 15) is 0 Å². The Morgan fingerprint density at radius 2 is 2.24 bits per heavy atom. The Morgan fingerprint density at radius 1 is 1.41 bits per heavy atom. The lowest BCUT2D eigenvalue weighted by atomic mass is 10.1. The summed E-state index contributed by atoms with van der Waals surface area (Å²) in [5.74, 6) is 1.50. The van der Waals surface area contributed by atoms with Crippen molar-refractivity contribution in [2.24, 2.45) is 11.1 Å². The molecule has 1 aromatic carbocycles. The molecule has 92 valence electrons. The normalized spacial score (nSPS) is 18.1. The first-order valence-electron chi connectivity index (χ1n) is 6.21. The van der Waals surface area contributed by atoms with Gasteiger partial charge in [-0.1, -0.05) is 25.4 Å². The van der Waals surface area contributed by atoms with Gasteiger partial charge in [-0.15, -0.1) is 0 Å². The number of fused-ring (bicyclic) bond motifs is 1. The molecule has 3 heteroatoms. The second kappa shape index (κ2) is 5.21. The van der Waals surface area contributed by atoms with E-state index >= 15 is 0 Å². The lowest BCUT2D eigenvalue weighted by molar-refractivity contribution is 0.256. The summed E-state index contributed by atoms with van der Waals surface area (Å²) in [5.41, 5.74) is 3.07. The van der Waals surface area contributed by atoms with Gasteiger partial charge in [0, 0.05) is 5.56 Å². The van der Waals surface area contributed by atoms with Gasteiger partial charge in [0.15, 0.2) is 0 Å². The second-order valence-electron chi connectivity index (χ2n) is 4.69. The highest BCUT2D eigenvalue weighted by molar-refractivity contribution is 6.04. The molecule has 1 atom stereocenters. The minimum atomic E-state index is 0.581. The molecule has 0 radical (unpaired) electrons. The molecule has 0 amide bonds. The number of hydrogen-bond donors (Lipinski definition) is 1. The van der Waals surface area contributed by atoms with E-state index in [0.29, 0.717) is 5.92 Å². The Kier molecular flexibility index (Phi) is 3.67. The topological polar surface area (TPSA) is 41.8 Å². The van der Waals surface area contributed by atoms with Crippen molar-refractivity contribution in [3.63, 3.8) is 0 Å². The second-order valence-corrected chi connectivity index (χ2v) is 4.69. The molecule has 0 aromatic heterocycles. The molecule has 0 saturated heterocycles. The maximum Gasteiger partial charge on any atom is 0.119 e. The van der Waals surface area contributed by atoms with E-state index in [1.807, 2.05) is 12.1 Å². The van der Waals surface area contributed by atoms with Crippen LogP contribution < -0.4 is 4.74 Å². The first-order chi connectivity index (χ1) is 8.24. The number of rotatable bonds is 4. The minimum absolute atomic E-state index is 0.581. The average Bonchev–Trinajstić information content (AvgIpc) is 2.78. The highest BCUT2D eigenvalue weighted by Gasteiger charge is 2.18. The fourth-order valence-corrected chi connectivity index (χ4v) is 2.00. The van der Waals surface area contributed by atoms with E-state index in [1.165, 1.54) is 5.56 Å². The summed E-state index contributed by atoms with van der Waals surface area (Å²) in [6.07, 6.45) is 2.89. The average molecular weight is 233 g/mol. The highest BCUT2D eigenvalue weighted by Crippen LogP contribution is 2.27. The Labute approximate surface area is 102 Å². The van der Waals surface area contributed by atoms with Crippen molar-refractivity contribution in [2.45, 2.75) is 33.1 Å². The first-order valence-corrected chi connectivity index (χ1v) is 6.21. The zero-order valence-electron chi connectivity index (χ0n) is 10.4. The summed E-state index contributed by atoms with van der Waals surface area (Å²) < 4.78 is 5.75.